The van der Waals surface area contributed by atoms with Gasteiger partial charge in [-0.3, -0.25) is 9.48 Å². The summed E-state index contributed by atoms with van der Waals surface area (Å²) in [6.45, 7) is 2.07. The lowest BCUT2D eigenvalue weighted by Crippen LogP contribution is -2.13. The van der Waals surface area contributed by atoms with E-state index >= 15 is 0 Å². The number of benzene rings is 2. The molecular formula is C21H16F2N4O2. The molecule has 146 valence electrons. The molecule has 4 rings (SSSR count). The Balaban J connectivity index is 1.46. The van der Waals surface area contributed by atoms with Gasteiger partial charge in [0.25, 0.3) is 5.91 Å². The molecule has 1 amide bonds. The van der Waals surface area contributed by atoms with E-state index in [-0.39, 0.29) is 23.2 Å². The number of oxazole rings is 1. The summed E-state index contributed by atoms with van der Waals surface area (Å²) in [6.07, 6.45) is 3.18. The molecule has 0 saturated heterocycles. The van der Waals surface area contributed by atoms with Crippen molar-refractivity contribution in [3.8, 4) is 11.5 Å². The highest BCUT2D eigenvalue weighted by atomic mass is 19.1. The molecule has 0 atom stereocenters. The van der Waals surface area contributed by atoms with Gasteiger partial charge in [0.1, 0.15) is 17.4 Å². The predicted octanol–water partition coefficient (Wildman–Crippen LogP) is 4.43. The van der Waals surface area contributed by atoms with Crippen molar-refractivity contribution in [3.05, 3.63) is 89.6 Å². The van der Waals surface area contributed by atoms with Gasteiger partial charge in [-0.05, 0) is 48.9 Å². The van der Waals surface area contributed by atoms with Crippen molar-refractivity contribution < 1.29 is 18.0 Å². The monoisotopic (exact) mass is 394 g/mol. The lowest BCUT2D eigenvalue weighted by Gasteiger charge is -2.02. The molecule has 0 unspecified atom stereocenters. The van der Waals surface area contributed by atoms with Crippen LogP contribution in [-0.4, -0.2) is 20.7 Å². The van der Waals surface area contributed by atoms with E-state index in [1.165, 1.54) is 42.6 Å². The zero-order valence-corrected chi connectivity index (χ0v) is 15.4. The SMILES string of the molecule is Cc1oc(-c2ccc(F)cc2)nc1C(=O)Nc1cnn(Cc2ccc(F)cc2)c1. The maximum Gasteiger partial charge on any atom is 0.278 e. The van der Waals surface area contributed by atoms with Crippen LogP contribution in [0.3, 0.4) is 0 Å². The average Bonchev–Trinajstić information content (AvgIpc) is 3.30. The number of carbonyl (C=O) groups is 1. The van der Waals surface area contributed by atoms with Crippen LogP contribution in [0.4, 0.5) is 14.5 Å². The summed E-state index contributed by atoms with van der Waals surface area (Å²) < 4.78 is 33.2. The Kier molecular flexibility index (Phi) is 4.90. The van der Waals surface area contributed by atoms with Crippen molar-refractivity contribution in [3.63, 3.8) is 0 Å². The van der Waals surface area contributed by atoms with E-state index in [2.05, 4.69) is 15.4 Å². The fourth-order valence-corrected chi connectivity index (χ4v) is 2.80. The van der Waals surface area contributed by atoms with Gasteiger partial charge in [-0.1, -0.05) is 12.1 Å². The molecule has 0 spiro atoms. The maximum absolute atomic E-state index is 13.1. The summed E-state index contributed by atoms with van der Waals surface area (Å²) in [6, 6.07) is 11.8. The van der Waals surface area contributed by atoms with Crippen LogP contribution in [0.25, 0.3) is 11.5 Å². The molecule has 6 nitrogen and oxygen atoms in total. The van der Waals surface area contributed by atoms with Gasteiger partial charge in [-0.25, -0.2) is 13.8 Å². The Morgan fingerprint density at radius 2 is 1.72 bits per heavy atom. The summed E-state index contributed by atoms with van der Waals surface area (Å²) in [7, 11) is 0. The van der Waals surface area contributed by atoms with Crippen LogP contribution in [-0.2, 0) is 6.54 Å². The first-order valence-electron chi connectivity index (χ1n) is 8.79. The van der Waals surface area contributed by atoms with E-state index in [1.807, 2.05) is 0 Å². The van der Waals surface area contributed by atoms with Crippen molar-refractivity contribution in [1.29, 1.82) is 0 Å². The smallest absolute Gasteiger partial charge is 0.278 e. The van der Waals surface area contributed by atoms with E-state index in [4.69, 9.17) is 4.42 Å². The Labute approximate surface area is 164 Å². The Bertz CT molecular complexity index is 1150. The molecule has 0 aliphatic heterocycles. The highest BCUT2D eigenvalue weighted by Gasteiger charge is 2.19. The average molecular weight is 394 g/mol. The van der Waals surface area contributed by atoms with Gasteiger partial charge in [-0.2, -0.15) is 5.10 Å². The van der Waals surface area contributed by atoms with Crippen molar-refractivity contribution in [2.45, 2.75) is 13.5 Å². The van der Waals surface area contributed by atoms with Crippen LogP contribution in [0, 0.1) is 18.6 Å². The zero-order valence-electron chi connectivity index (χ0n) is 15.4. The molecule has 4 aromatic rings. The highest BCUT2D eigenvalue weighted by molar-refractivity contribution is 6.03. The number of hydrogen-bond acceptors (Lipinski definition) is 4. The normalized spacial score (nSPS) is 10.9. The molecule has 0 aliphatic carbocycles. The molecule has 0 saturated carbocycles. The van der Waals surface area contributed by atoms with E-state index in [0.29, 0.717) is 23.6 Å². The second-order valence-electron chi connectivity index (χ2n) is 6.44. The van der Waals surface area contributed by atoms with E-state index in [1.54, 1.807) is 29.9 Å². The number of anilines is 1. The molecule has 0 fully saturated rings. The number of aromatic nitrogens is 3. The first-order chi connectivity index (χ1) is 14.0. The van der Waals surface area contributed by atoms with Gasteiger partial charge in [0, 0.05) is 11.8 Å². The molecule has 2 aromatic heterocycles. The van der Waals surface area contributed by atoms with E-state index in [0.717, 1.165) is 5.56 Å². The predicted molar refractivity (Wildman–Crippen MR) is 102 cm³/mol. The van der Waals surface area contributed by atoms with Crippen molar-refractivity contribution in [2.75, 3.05) is 5.32 Å². The van der Waals surface area contributed by atoms with Crippen molar-refractivity contribution >= 4 is 11.6 Å². The van der Waals surface area contributed by atoms with E-state index < -0.39 is 5.91 Å². The van der Waals surface area contributed by atoms with Crippen LogP contribution in [0.1, 0.15) is 21.8 Å². The minimum atomic E-state index is -0.444. The number of halogens is 2. The van der Waals surface area contributed by atoms with Gasteiger partial charge in [0.05, 0.1) is 18.4 Å². The third kappa shape index (κ3) is 4.21. The first kappa shape index (κ1) is 18.5. The lowest BCUT2D eigenvalue weighted by atomic mass is 10.2. The molecule has 2 heterocycles. The molecule has 1 N–H and O–H groups in total. The number of aryl methyl sites for hydroxylation is 1. The molecule has 2 aromatic carbocycles. The lowest BCUT2D eigenvalue weighted by molar-refractivity contribution is 0.102. The number of carbonyl (C=O) groups excluding carboxylic acids is 1. The third-order valence-electron chi connectivity index (χ3n) is 4.25. The molecule has 29 heavy (non-hydrogen) atoms. The summed E-state index contributed by atoms with van der Waals surface area (Å²) in [5.41, 5.74) is 2.07. The Hall–Kier alpha value is -3.81. The summed E-state index contributed by atoms with van der Waals surface area (Å²) in [4.78, 5) is 16.8. The minimum absolute atomic E-state index is 0.135. The van der Waals surface area contributed by atoms with Crippen LogP contribution in [0.5, 0.6) is 0 Å². The minimum Gasteiger partial charge on any atom is -0.441 e. The molecule has 0 bridgehead atoms. The molecular weight excluding hydrogens is 378 g/mol. The number of nitrogens with one attached hydrogen (secondary N) is 1. The van der Waals surface area contributed by atoms with Crippen molar-refractivity contribution in [2.24, 2.45) is 0 Å². The molecule has 8 heteroatoms. The van der Waals surface area contributed by atoms with Crippen LogP contribution in [0.2, 0.25) is 0 Å². The second-order valence-corrected chi connectivity index (χ2v) is 6.44. The third-order valence-corrected chi connectivity index (χ3v) is 4.25. The molecule has 0 radical (unpaired) electrons. The summed E-state index contributed by atoms with van der Waals surface area (Å²) in [5, 5.41) is 6.92. The van der Waals surface area contributed by atoms with Crippen LogP contribution >= 0.6 is 0 Å². The quantitative estimate of drug-likeness (QED) is 0.544. The Morgan fingerprint density at radius 1 is 1.07 bits per heavy atom. The second kappa shape index (κ2) is 7.67. The topological polar surface area (TPSA) is 73.0 Å². The fraction of sp³-hybridized carbons (Fsp3) is 0.0952. The fourth-order valence-electron chi connectivity index (χ4n) is 2.80. The zero-order chi connectivity index (χ0) is 20.4. The van der Waals surface area contributed by atoms with Gasteiger partial charge >= 0.3 is 0 Å². The number of hydrogen-bond donors (Lipinski definition) is 1. The highest BCUT2D eigenvalue weighted by Crippen LogP contribution is 2.22. The van der Waals surface area contributed by atoms with Gasteiger partial charge in [-0.15, -0.1) is 0 Å². The summed E-state index contributed by atoms with van der Waals surface area (Å²) >= 11 is 0. The van der Waals surface area contributed by atoms with Crippen LogP contribution < -0.4 is 5.32 Å². The maximum atomic E-state index is 13.1. The molecule has 0 aliphatic rings. The number of amides is 1. The van der Waals surface area contributed by atoms with Crippen molar-refractivity contribution in [1.82, 2.24) is 14.8 Å². The standard InChI is InChI=1S/C21H16F2N4O2/c1-13-19(26-21(29-13)15-4-8-17(23)9-5-15)20(28)25-18-10-24-27(12-18)11-14-2-6-16(22)7-3-14/h2-10,12H,11H2,1H3,(H,25,28). The van der Waals surface area contributed by atoms with Gasteiger partial charge in [0.15, 0.2) is 5.69 Å². The number of rotatable bonds is 5. The Morgan fingerprint density at radius 3 is 2.41 bits per heavy atom. The largest absolute Gasteiger partial charge is 0.441 e. The van der Waals surface area contributed by atoms with Gasteiger partial charge < -0.3 is 9.73 Å². The van der Waals surface area contributed by atoms with E-state index in [9.17, 15) is 13.6 Å². The van der Waals surface area contributed by atoms with Gasteiger partial charge in [0.2, 0.25) is 5.89 Å². The summed E-state index contributed by atoms with van der Waals surface area (Å²) in [5.74, 6) is -0.529. The number of nitrogens with zero attached hydrogens (tertiary/aromatic N) is 3. The first-order valence-corrected chi connectivity index (χ1v) is 8.79. The van der Waals surface area contributed by atoms with Crippen LogP contribution in [0.15, 0.2) is 65.3 Å².